The summed E-state index contributed by atoms with van der Waals surface area (Å²) in [5.74, 6) is 0.583. The van der Waals surface area contributed by atoms with Crippen molar-refractivity contribution in [3.8, 4) is 11.9 Å². The summed E-state index contributed by atoms with van der Waals surface area (Å²) in [7, 11) is 0. The number of hydrogen-bond donors (Lipinski definition) is 0. The number of aromatic nitrogens is 2. The Morgan fingerprint density at radius 1 is 1.20 bits per heavy atom. The first kappa shape index (κ1) is 20.1. The molecule has 1 aliphatic heterocycles. The first-order valence-electron chi connectivity index (χ1n) is 10.5. The molecule has 0 spiro atoms. The highest BCUT2D eigenvalue weighted by Crippen LogP contribution is 2.35. The first-order chi connectivity index (χ1) is 14.6. The summed E-state index contributed by atoms with van der Waals surface area (Å²) < 4.78 is 6.15. The van der Waals surface area contributed by atoms with Crippen molar-refractivity contribution < 1.29 is 9.53 Å². The van der Waals surface area contributed by atoms with Gasteiger partial charge in [-0.3, -0.25) is 9.78 Å². The molecule has 2 aliphatic rings. The molecule has 0 aromatic carbocycles. The van der Waals surface area contributed by atoms with Crippen LogP contribution in [0.1, 0.15) is 55.8 Å². The Morgan fingerprint density at radius 2 is 2.07 bits per heavy atom. The average Bonchev–Trinajstić information content (AvgIpc) is 3.26. The maximum Gasteiger partial charge on any atom is 0.250 e. The average molecular weight is 402 g/mol. The second-order valence-electron chi connectivity index (χ2n) is 8.05. The zero-order valence-electron chi connectivity index (χ0n) is 17.5. The number of carbonyl (C=O) groups excluding carboxylic acids is 1. The van der Waals surface area contributed by atoms with E-state index in [1.165, 1.54) is 0 Å². The molecule has 0 radical (unpaired) electrons. The Morgan fingerprint density at radius 3 is 2.83 bits per heavy atom. The van der Waals surface area contributed by atoms with E-state index < -0.39 is 0 Å². The van der Waals surface area contributed by atoms with Gasteiger partial charge in [0.1, 0.15) is 6.10 Å². The molecule has 0 saturated carbocycles. The molecule has 1 saturated heterocycles. The summed E-state index contributed by atoms with van der Waals surface area (Å²) in [6.07, 6.45) is 7.65. The smallest absolute Gasteiger partial charge is 0.250 e. The van der Waals surface area contributed by atoms with Crippen LogP contribution in [0.15, 0.2) is 42.2 Å². The van der Waals surface area contributed by atoms with Crippen molar-refractivity contribution in [1.82, 2.24) is 14.9 Å². The Kier molecular flexibility index (Phi) is 5.80. The zero-order chi connectivity index (χ0) is 21.1. The van der Waals surface area contributed by atoms with Crippen LogP contribution in [0, 0.1) is 18.3 Å². The highest BCUT2D eigenvalue weighted by atomic mass is 16.5. The molecule has 0 N–H and O–H groups in total. The molecule has 1 fully saturated rings. The minimum absolute atomic E-state index is 0.101. The van der Waals surface area contributed by atoms with E-state index in [-0.39, 0.29) is 18.1 Å². The molecule has 2 aromatic heterocycles. The maximum absolute atomic E-state index is 13.5. The Hall–Kier alpha value is -3.20. The fraction of sp³-hybridized carbons (Fsp3) is 0.417. The van der Waals surface area contributed by atoms with Crippen molar-refractivity contribution in [3.63, 3.8) is 0 Å². The van der Waals surface area contributed by atoms with Gasteiger partial charge >= 0.3 is 0 Å². The molecule has 2 aromatic rings. The predicted molar refractivity (Wildman–Crippen MR) is 114 cm³/mol. The van der Waals surface area contributed by atoms with Gasteiger partial charge in [0.15, 0.2) is 0 Å². The van der Waals surface area contributed by atoms with Crippen LogP contribution in [0.4, 0.5) is 0 Å². The lowest BCUT2D eigenvalue weighted by molar-refractivity contribution is -0.132. The Labute approximate surface area is 177 Å². The highest BCUT2D eigenvalue weighted by molar-refractivity contribution is 6.02. The zero-order valence-corrected chi connectivity index (χ0v) is 17.5. The van der Waals surface area contributed by atoms with Crippen LogP contribution < -0.4 is 4.74 Å². The number of carbonyl (C=O) groups is 1. The van der Waals surface area contributed by atoms with Gasteiger partial charge in [-0.2, -0.15) is 5.26 Å². The predicted octanol–water partition coefficient (Wildman–Crippen LogP) is 4.05. The monoisotopic (exact) mass is 402 g/mol. The standard InChI is InChI=1S/C24H26N4O2/c1-16-9-10-19(30-23-17(2)18(14-25)11-13-27-23)15-28(16)24(29)21-7-5-6-20(21)22-8-3-4-12-26-22/h3-4,8,11-13,16,19H,5-7,9-10,15H2,1-2H3/t16-,19?/m1/s1. The number of likely N-dealkylation sites (tertiary alicyclic amines) is 1. The number of nitrogens with zero attached hydrogens (tertiary/aromatic N) is 4. The van der Waals surface area contributed by atoms with Crippen molar-refractivity contribution in [3.05, 3.63) is 59.1 Å². The number of ether oxygens (including phenoxy) is 1. The van der Waals surface area contributed by atoms with Crippen molar-refractivity contribution >= 4 is 11.5 Å². The maximum atomic E-state index is 13.5. The molecule has 6 heteroatoms. The Balaban J connectivity index is 1.54. The second-order valence-corrected chi connectivity index (χ2v) is 8.05. The van der Waals surface area contributed by atoms with Gasteiger partial charge < -0.3 is 9.64 Å². The molecular weight excluding hydrogens is 376 g/mol. The SMILES string of the molecule is Cc1c(C#N)ccnc1OC1CC[C@@H](C)N(C(=O)C2=C(c3ccccn3)CCC2)C1. The summed E-state index contributed by atoms with van der Waals surface area (Å²) >= 11 is 0. The Bertz CT molecular complexity index is 1010. The topological polar surface area (TPSA) is 79.1 Å². The van der Waals surface area contributed by atoms with Gasteiger partial charge in [0.25, 0.3) is 0 Å². The molecule has 30 heavy (non-hydrogen) atoms. The largest absolute Gasteiger partial charge is 0.472 e. The fourth-order valence-electron chi connectivity index (χ4n) is 4.34. The molecule has 4 rings (SSSR count). The van der Waals surface area contributed by atoms with Crippen molar-refractivity contribution in [2.75, 3.05) is 6.54 Å². The number of allylic oxidation sites excluding steroid dienone is 1. The fourth-order valence-corrected chi connectivity index (χ4v) is 4.34. The number of rotatable bonds is 4. The van der Waals surface area contributed by atoms with E-state index in [0.717, 1.165) is 54.5 Å². The van der Waals surface area contributed by atoms with E-state index in [2.05, 4.69) is 23.0 Å². The molecule has 3 heterocycles. The van der Waals surface area contributed by atoms with Gasteiger partial charge in [-0.05, 0) is 69.7 Å². The van der Waals surface area contributed by atoms with E-state index in [0.29, 0.717) is 18.0 Å². The number of nitriles is 1. The molecule has 0 bridgehead atoms. The van der Waals surface area contributed by atoms with E-state index >= 15 is 0 Å². The van der Waals surface area contributed by atoms with E-state index in [9.17, 15) is 10.1 Å². The van der Waals surface area contributed by atoms with Gasteiger partial charge in [-0.15, -0.1) is 0 Å². The lowest BCUT2D eigenvalue weighted by Gasteiger charge is -2.38. The molecule has 1 amide bonds. The van der Waals surface area contributed by atoms with Gasteiger partial charge in [0.2, 0.25) is 11.8 Å². The second kappa shape index (κ2) is 8.66. The minimum Gasteiger partial charge on any atom is -0.472 e. The summed E-state index contributed by atoms with van der Waals surface area (Å²) in [5, 5.41) is 9.24. The third-order valence-electron chi connectivity index (χ3n) is 6.11. The summed E-state index contributed by atoms with van der Waals surface area (Å²) in [4.78, 5) is 24.2. The molecule has 2 atom stereocenters. The van der Waals surface area contributed by atoms with Crippen LogP contribution >= 0.6 is 0 Å². The van der Waals surface area contributed by atoms with Gasteiger partial charge in [0.05, 0.1) is 23.9 Å². The van der Waals surface area contributed by atoms with Crippen molar-refractivity contribution in [2.24, 2.45) is 0 Å². The summed E-state index contributed by atoms with van der Waals surface area (Å²) in [6, 6.07) is 9.86. The van der Waals surface area contributed by atoms with Crippen molar-refractivity contribution in [2.45, 2.75) is 58.1 Å². The quantitative estimate of drug-likeness (QED) is 0.771. The van der Waals surface area contributed by atoms with Crippen LogP contribution in [0.3, 0.4) is 0 Å². The molecular formula is C24H26N4O2. The number of hydrogen-bond acceptors (Lipinski definition) is 5. The molecule has 6 nitrogen and oxygen atoms in total. The van der Waals surface area contributed by atoms with Gasteiger partial charge in [0, 0.05) is 29.6 Å². The van der Waals surface area contributed by atoms with Crippen LogP contribution in [0.25, 0.3) is 5.57 Å². The molecule has 1 unspecified atom stereocenters. The molecule has 154 valence electrons. The van der Waals surface area contributed by atoms with Crippen LogP contribution in [0.5, 0.6) is 5.88 Å². The molecule has 1 aliphatic carbocycles. The van der Waals surface area contributed by atoms with Crippen LogP contribution in [-0.4, -0.2) is 39.5 Å². The summed E-state index contributed by atoms with van der Waals surface area (Å²) in [5.41, 5.74) is 4.18. The first-order valence-corrected chi connectivity index (χ1v) is 10.5. The van der Waals surface area contributed by atoms with Gasteiger partial charge in [-0.1, -0.05) is 6.07 Å². The third kappa shape index (κ3) is 3.93. The third-order valence-corrected chi connectivity index (χ3v) is 6.11. The number of amides is 1. The van der Waals surface area contributed by atoms with Crippen LogP contribution in [-0.2, 0) is 4.79 Å². The normalized spacial score (nSPS) is 21.4. The number of pyridine rings is 2. The lowest BCUT2D eigenvalue weighted by atomic mass is 9.98. The van der Waals surface area contributed by atoms with Crippen LogP contribution in [0.2, 0.25) is 0 Å². The highest BCUT2D eigenvalue weighted by Gasteiger charge is 2.34. The number of piperidine rings is 1. The lowest BCUT2D eigenvalue weighted by Crippen LogP contribution is -2.49. The van der Waals surface area contributed by atoms with E-state index in [4.69, 9.17) is 4.74 Å². The van der Waals surface area contributed by atoms with E-state index in [1.807, 2.05) is 30.0 Å². The summed E-state index contributed by atoms with van der Waals surface area (Å²) in [6.45, 7) is 4.47. The minimum atomic E-state index is -0.134. The van der Waals surface area contributed by atoms with Crippen molar-refractivity contribution in [1.29, 1.82) is 5.26 Å². The van der Waals surface area contributed by atoms with E-state index in [1.54, 1.807) is 18.5 Å². The van der Waals surface area contributed by atoms with Gasteiger partial charge in [-0.25, -0.2) is 4.98 Å².